The van der Waals surface area contributed by atoms with Crippen molar-refractivity contribution in [2.24, 2.45) is 0 Å². The topological polar surface area (TPSA) is 40.5 Å². The highest BCUT2D eigenvalue weighted by Crippen LogP contribution is 2.25. The van der Waals surface area contributed by atoms with Gasteiger partial charge in [0.25, 0.3) is 0 Å². The molecule has 2 aromatic carbocycles. The van der Waals surface area contributed by atoms with E-state index in [0.717, 1.165) is 24.2 Å². The number of phenolic OH excluding ortho intramolecular Hbond substituents is 2. The van der Waals surface area contributed by atoms with Gasteiger partial charge in [0.05, 0.1) is 0 Å². The van der Waals surface area contributed by atoms with E-state index in [1.165, 1.54) is 17.0 Å². The number of aryl methyl sites for hydroxylation is 1. The lowest BCUT2D eigenvalue weighted by atomic mass is 10.1. The summed E-state index contributed by atoms with van der Waals surface area (Å²) in [6.45, 7) is 0. The molecule has 0 heterocycles. The first-order valence-electron chi connectivity index (χ1n) is 5.94. The van der Waals surface area contributed by atoms with Crippen molar-refractivity contribution in [2.75, 3.05) is 5.75 Å². The maximum Gasteiger partial charge on any atom is 0.119 e. The van der Waals surface area contributed by atoms with Gasteiger partial charge in [-0.05, 0) is 54.5 Å². The minimum absolute atomic E-state index is 0.207. The first kappa shape index (κ1) is 12.8. The van der Waals surface area contributed by atoms with Crippen LogP contribution in [0.5, 0.6) is 11.5 Å². The highest BCUT2D eigenvalue weighted by atomic mass is 32.2. The van der Waals surface area contributed by atoms with E-state index in [2.05, 4.69) is 12.1 Å². The Morgan fingerprint density at radius 1 is 0.944 bits per heavy atom. The minimum Gasteiger partial charge on any atom is -0.508 e. The molecule has 0 atom stereocenters. The van der Waals surface area contributed by atoms with Crippen LogP contribution in [0.1, 0.15) is 12.0 Å². The second-order valence-corrected chi connectivity index (χ2v) is 5.25. The number of phenols is 2. The molecule has 0 fully saturated rings. The predicted octanol–water partition coefficient (Wildman–Crippen LogP) is 3.82. The SMILES string of the molecule is Oc1ccc(O)c(CCCSc2ccccc2)c1. The summed E-state index contributed by atoms with van der Waals surface area (Å²) in [6, 6.07) is 14.9. The van der Waals surface area contributed by atoms with E-state index in [-0.39, 0.29) is 11.5 Å². The number of aromatic hydroxyl groups is 2. The molecule has 0 bridgehead atoms. The molecule has 2 rings (SSSR count). The van der Waals surface area contributed by atoms with Crippen molar-refractivity contribution in [3.63, 3.8) is 0 Å². The van der Waals surface area contributed by atoms with Crippen molar-refractivity contribution in [3.05, 3.63) is 54.1 Å². The zero-order valence-corrected chi connectivity index (χ0v) is 10.9. The lowest BCUT2D eigenvalue weighted by Crippen LogP contribution is -1.88. The molecule has 2 N–H and O–H groups in total. The Labute approximate surface area is 111 Å². The van der Waals surface area contributed by atoms with Gasteiger partial charge < -0.3 is 10.2 Å². The Hall–Kier alpha value is -1.61. The third kappa shape index (κ3) is 3.70. The van der Waals surface area contributed by atoms with Gasteiger partial charge in [-0.3, -0.25) is 0 Å². The molecular formula is C15H16O2S. The van der Waals surface area contributed by atoms with Gasteiger partial charge in [0.1, 0.15) is 11.5 Å². The zero-order valence-electron chi connectivity index (χ0n) is 10.0. The summed E-state index contributed by atoms with van der Waals surface area (Å²) in [5.41, 5.74) is 0.809. The van der Waals surface area contributed by atoms with Gasteiger partial charge in [-0.2, -0.15) is 0 Å². The second kappa shape index (κ2) is 6.36. The lowest BCUT2D eigenvalue weighted by Gasteiger charge is -2.05. The van der Waals surface area contributed by atoms with Gasteiger partial charge in [-0.1, -0.05) is 18.2 Å². The van der Waals surface area contributed by atoms with Crippen LogP contribution >= 0.6 is 11.8 Å². The van der Waals surface area contributed by atoms with Crippen molar-refractivity contribution in [2.45, 2.75) is 17.7 Å². The van der Waals surface area contributed by atoms with Crippen LogP contribution in [0, 0.1) is 0 Å². The molecule has 0 saturated carbocycles. The largest absolute Gasteiger partial charge is 0.508 e. The molecule has 0 spiro atoms. The van der Waals surface area contributed by atoms with Crippen molar-refractivity contribution in [1.29, 1.82) is 0 Å². The average molecular weight is 260 g/mol. The van der Waals surface area contributed by atoms with Crippen LogP contribution in [0.3, 0.4) is 0 Å². The smallest absolute Gasteiger partial charge is 0.119 e. The highest BCUT2D eigenvalue weighted by molar-refractivity contribution is 7.99. The summed E-state index contributed by atoms with van der Waals surface area (Å²) in [5, 5.41) is 19.0. The van der Waals surface area contributed by atoms with E-state index in [0.29, 0.717) is 0 Å². The molecule has 0 aliphatic rings. The first-order valence-corrected chi connectivity index (χ1v) is 6.93. The molecule has 0 amide bonds. The van der Waals surface area contributed by atoms with E-state index in [9.17, 15) is 10.2 Å². The molecule has 2 aromatic rings. The molecule has 0 radical (unpaired) electrons. The molecule has 0 aliphatic carbocycles. The van der Waals surface area contributed by atoms with Gasteiger partial charge in [0, 0.05) is 4.90 Å². The van der Waals surface area contributed by atoms with Crippen LogP contribution in [-0.2, 0) is 6.42 Å². The van der Waals surface area contributed by atoms with Gasteiger partial charge in [0.15, 0.2) is 0 Å². The zero-order chi connectivity index (χ0) is 12.8. The summed E-state index contributed by atoms with van der Waals surface area (Å²) >= 11 is 1.81. The van der Waals surface area contributed by atoms with E-state index < -0.39 is 0 Å². The number of rotatable bonds is 5. The van der Waals surface area contributed by atoms with Crippen molar-refractivity contribution >= 4 is 11.8 Å². The molecule has 94 valence electrons. The van der Waals surface area contributed by atoms with E-state index >= 15 is 0 Å². The number of thioether (sulfide) groups is 1. The summed E-state index contributed by atoms with van der Waals surface area (Å²) in [6.07, 6.45) is 1.75. The van der Waals surface area contributed by atoms with Crippen LogP contribution in [-0.4, -0.2) is 16.0 Å². The Morgan fingerprint density at radius 3 is 2.50 bits per heavy atom. The average Bonchev–Trinajstić information content (AvgIpc) is 2.40. The monoisotopic (exact) mass is 260 g/mol. The quantitative estimate of drug-likeness (QED) is 0.488. The van der Waals surface area contributed by atoms with E-state index in [4.69, 9.17) is 0 Å². The number of hydrogen-bond acceptors (Lipinski definition) is 3. The van der Waals surface area contributed by atoms with Crippen molar-refractivity contribution < 1.29 is 10.2 Å². The fourth-order valence-electron chi connectivity index (χ4n) is 1.74. The van der Waals surface area contributed by atoms with Crippen LogP contribution in [0.2, 0.25) is 0 Å². The lowest BCUT2D eigenvalue weighted by molar-refractivity contribution is 0.454. The normalized spacial score (nSPS) is 10.4. The molecule has 2 nitrogen and oxygen atoms in total. The Bertz CT molecular complexity index is 497. The molecule has 3 heteroatoms. The van der Waals surface area contributed by atoms with Crippen LogP contribution < -0.4 is 0 Å². The molecule has 18 heavy (non-hydrogen) atoms. The maximum absolute atomic E-state index is 9.63. The van der Waals surface area contributed by atoms with Crippen molar-refractivity contribution in [3.8, 4) is 11.5 Å². The Balaban J connectivity index is 1.80. The first-order chi connectivity index (χ1) is 8.75. The van der Waals surface area contributed by atoms with Crippen LogP contribution in [0.15, 0.2) is 53.4 Å². The van der Waals surface area contributed by atoms with Crippen LogP contribution in [0.25, 0.3) is 0 Å². The third-order valence-corrected chi connectivity index (χ3v) is 3.76. The Morgan fingerprint density at radius 2 is 1.72 bits per heavy atom. The van der Waals surface area contributed by atoms with Crippen molar-refractivity contribution in [1.82, 2.24) is 0 Å². The molecular weight excluding hydrogens is 244 g/mol. The fraction of sp³-hybridized carbons (Fsp3) is 0.200. The summed E-state index contributed by atoms with van der Waals surface area (Å²) in [5.74, 6) is 1.47. The summed E-state index contributed by atoms with van der Waals surface area (Å²) < 4.78 is 0. The molecule has 0 aliphatic heterocycles. The van der Waals surface area contributed by atoms with Crippen LogP contribution in [0.4, 0.5) is 0 Å². The molecule has 0 unspecified atom stereocenters. The van der Waals surface area contributed by atoms with Gasteiger partial charge in [0.2, 0.25) is 0 Å². The molecule has 0 aromatic heterocycles. The van der Waals surface area contributed by atoms with Gasteiger partial charge in [-0.15, -0.1) is 11.8 Å². The third-order valence-electron chi connectivity index (χ3n) is 2.67. The Kier molecular flexibility index (Phi) is 4.53. The van der Waals surface area contributed by atoms with Gasteiger partial charge >= 0.3 is 0 Å². The summed E-state index contributed by atoms with van der Waals surface area (Å²) in [4.78, 5) is 1.26. The number of hydrogen-bond donors (Lipinski definition) is 2. The van der Waals surface area contributed by atoms with E-state index in [1.807, 2.05) is 18.2 Å². The fourth-order valence-corrected chi connectivity index (χ4v) is 2.62. The summed E-state index contributed by atoms with van der Waals surface area (Å²) in [7, 11) is 0. The van der Waals surface area contributed by atoms with Gasteiger partial charge in [-0.25, -0.2) is 0 Å². The van der Waals surface area contributed by atoms with E-state index in [1.54, 1.807) is 17.8 Å². The number of benzene rings is 2. The molecule has 0 saturated heterocycles. The minimum atomic E-state index is 0.207. The highest BCUT2D eigenvalue weighted by Gasteiger charge is 2.02. The predicted molar refractivity (Wildman–Crippen MR) is 75.3 cm³/mol. The second-order valence-electron chi connectivity index (χ2n) is 4.08. The maximum atomic E-state index is 9.63. The standard InChI is InChI=1S/C15H16O2S/c16-13-8-9-15(17)12(11-13)5-4-10-18-14-6-2-1-3-7-14/h1-3,6-9,11,16-17H,4-5,10H2.